The third-order valence-electron chi connectivity index (χ3n) is 5.01. The number of hydrogen-bond acceptors (Lipinski definition) is 7. The van der Waals surface area contributed by atoms with E-state index in [0.717, 1.165) is 5.56 Å². The summed E-state index contributed by atoms with van der Waals surface area (Å²) in [6.45, 7) is 2.01. The summed E-state index contributed by atoms with van der Waals surface area (Å²) in [5.74, 6) is 0.871. The predicted octanol–water partition coefficient (Wildman–Crippen LogP) is 3.75. The van der Waals surface area contributed by atoms with Crippen LogP contribution in [0.2, 0.25) is 0 Å². The first-order chi connectivity index (χ1) is 15.0. The number of nitrogens with zero attached hydrogens (tertiary/aromatic N) is 1. The fourth-order valence-corrected chi connectivity index (χ4v) is 3.57. The molecule has 0 radical (unpaired) electrons. The lowest BCUT2D eigenvalue weighted by Crippen LogP contribution is -2.26. The molecule has 7 heteroatoms. The topological polar surface area (TPSA) is 108 Å². The molecule has 0 saturated carbocycles. The fraction of sp³-hybridized carbons (Fsp3) is 0.167. The zero-order valence-corrected chi connectivity index (χ0v) is 17.0. The van der Waals surface area contributed by atoms with E-state index in [-0.39, 0.29) is 22.8 Å². The van der Waals surface area contributed by atoms with Crippen LogP contribution in [0, 0.1) is 18.3 Å². The van der Waals surface area contributed by atoms with Crippen LogP contribution >= 0.6 is 0 Å². The van der Waals surface area contributed by atoms with E-state index in [1.807, 2.05) is 30.3 Å². The second-order valence-corrected chi connectivity index (χ2v) is 7.03. The van der Waals surface area contributed by atoms with Crippen LogP contribution in [0.25, 0.3) is 0 Å². The van der Waals surface area contributed by atoms with Gasteiger partial charge in [0.2, 0.25) is 5.88 Å². The maximum absolute atomic E-state index is 12.6. The summed E-state index contributed by atoms with van der Waals surface area (Å²) in [6.07, 6.45) is 0. The summed E-state index contributed by atoms with van der Waals surface area (Å²) in [5, 5.41) is 9.70. The van der Waals surface area contributed by atoms with E-state index in [1.54, 1.807) is 31.2 Å². The van der Waals surface area contributed by atoms with Crippen molar-refractivity contribution in [1.29, 1.82) is 5.26 Å². The van der Waals surface area contributed by atoms with E-state index in [9.17, 15) is 10.1 Å². The first-order valence-electron chi connectivity index (χ1n) is 9.58. The Hall–Kier alpha value is -4.18. The average Bonchev–Trinajstić information content (AvgIpc) is 2.77. The molecule has 0 aliphatic carbocycles. The molecule has 1 aliphatic rings. The van der Waals surface area contributed by atoms with E-state index < -0.39 is 11.5 Å². The van der Waals surface area contributed by atoms with Crippen molar-refractivity contribution >= 4 is 0 Å². The zero-order chi connectivity index (χ0) is 22.0. The molecular formula is C24H20N2O5. The van der Waals surface area contributed by atoms with Crippen LogP contribution in [0.15, 0.2) is 75.3 Å². The van der Waals surface area contributed by atoms with E-state index in [1.165, 1.54) is 7.11 Å². The first-order valence-corrected chi connectivity index (χ1v) is 9.58. The predicted molar refractivity (Wildman–Crippen MR) is 113 cm³/mol. The van der Waals surface area contributed by atoms with Crippen LogP contribution in [0.5, 0.6) is 17.2 Å². The molecule has 156 valence electrons. The molecule has 7 nitrogen and oxygen atoms in total. The van der Waals surface area contributed by atoms with Gasteiger partial charge in [-0.25, -0.2) is 4.79 Å². The molecule has 2 heterocycles. The van der Waals surface area contributed by atoms with Crippen LogP contribution in [-0.4, -0.2) is 7.11 Å². The molecule has 0 saturated heterocycles. The van der Waals surface area contributed by atoms with Crippen LogP contribution in [-0.2, 0) is 6.61 Å². The van der Waals surface area contributed by atoms with Crippen molar-refractivity contribution in [2.45, 2.75) is 19.4 Å². The molecule has 31 heavy (non-hydrogen) atoms. The fourth-order valence-electron chi connectivity index (χ4n) is 3.57. The summed E-state index contributed by atoms with van der Waals surface area (Å²) >= 11 is 0. The third-order valence-corrected chi connectivity index (χ3v) is 5.01. The lowest BCUT2D eigenvalue weighted by molar-refractivity contribution is 0.284. The molecule has 0 amide bonds. The van der Waals surface area contributed by atoms with Crippen molar-refractivity contribution in [2.24, 2.45) is 5.73 Å². The monoisotopic (exact) mass is 416 g/mol. The molecule has 0 unspecified atom stereocenters. The summed E-state index contributed by atoms with van der Waals surface area (Å²) in [5.41, 5.74) is 7.40. The van der Waals surface area contributed by atoms with Crippen molar-refractivity contribution in [1.82, 2.24) is 0 Å². The number of rotatable bonds is 5. The molecule has 0 fully saturated rings. The van der Waals surface area contributed by atoms with Crippen LogP contribution < -0.4 is 25.6 Å². The van der Waals surface area contributed by atoms with E-state index in [0.29, 0.717) is 29.4 Å². The molecule has 2 N–H and O–H groups in total. The van der Waals surface area contributed by atoms with E-state index in [4.69, 9.17) is 24.4 Å². The zero-order valence-electron chi connectivity index (χ0n) is 17.0. The SMILES string of the molecule is COc1cc([C@@H]2C(C#N)=C(N)Oc3cc(C)oc(=O)c32)ccc1OCc1ccccc1. The number of aryl methyl sites for hydroxylation is 1. The molecule has 1 aromatic heterocycles. The highest BCUT2D eigenvalue weighted by Gasteiger charge is 2.34. The molecular weight excluding hydrogens is 396 g/mol. The smallest absolute Gasteiger partial charge is 0.343 e. The van der Waals surface area contributed by atoms with Crippen molar-refractivity contribution in [3.05, 3.63) is 98.9 Å². The molecule has 1 atom stereocenters. The van der Waals surface area contributed by atoms with Gasteiger partial charge in [-0.1, -0.05) is 36.4 Å². The highest BCUT2D eigenvalue weighted by molar-refractivity contribution is 5.57. The Morgan fingerprint density at radius 3 is 2.61 bits per heavy atom. The van der Waals surface area contributed by atoms with Crippen LogP contribution in [0.1, 0.15) is 28.4 Å². The summed E-state index contributed by atoms with van der Waals surface area (Å²) in [7, 11) is 1.53. The molecule has 1 aliphatic heterocycles. The molecule has 0 spiro atoms. The highest BCUT2D eigenvalue weighted by atomic mass is 16.5. The number of fused-ring (bicyclic) bond motifs is 1. The Labute approximate surface area is 178 Å². The van der Waals surface area contributed by atoms with Gasteiger partial charge in [0.1, 0.15) is 29.8 Å². The molecule has 3 aromatic rings. The number of benzene rings is 2. The minimum Gasteiger partial charge on any atom is -0.493 e. The number of nitrogens with two attached hydrogens (primary N) is 1. The lowest BCUT2D eigenvalue weighted by atomic mass is 9.84. The number of hydrogen-bond donors (Lipinski definition) is 1. The standard InChI is InChI=1S/C24H20N2O5/c1-14-10-20-22(24(27)30-14)21(17(12-25)23(26)31-20)16-8-9-18(19(11-16)28-2)29-13-15-6-4-3-5-7-15/h3-11,21H,13,26H2,1-2H3/t21-/m1/s1. The second-order valence-electron chi connectivity index (χ2n) is 7.03. The van der Waals surface area contributed by atoms with E-state index >= 15 is 0 Å². The van der Waals surface area contributed by atoms with Crippen LogP contribution in [0.3, 0.4) is 0 Å². The third kappa shape index (κ3) is 3.83. The summed E-state index contributed by atoms with van der Waals surface area (Å²) < 4.78 is 22.2. The van der Waals surface area contributed by atoms with Gasteiger partial charge >= 0.3 is 5.63 Å². The Bertz CT molecular complexity index is 1260. The largest absolute Gasteiger partial charge is 0.493 e. The van der Waals surface area contributed by atoms with Crippen molar-refractivity contribution < 1.29 is 18.6 Å². The Morgan fingerprint density at radius 1 is 1.13 bits per heavy atom. The van der Waals surface area contributed by atoms with Gasteiger partial charge < -0.3 is 24.4 Å². The Balaban J connectivity index is 1.75. The maximum Gasteiger partial charge on any atom is 0.343 e. The first kappa shape index (κ1) is 20.1. The number of allylic oxidation sites excluding steroid dienone is 1. The van der Waals surface area contributed by atoms with Gasteiger partial charge in [-0.3, -0.25) is 0 Å². The lowest BCUT2D eigenvalue weighted by Gasteiger charge is -2.25. The van der Waals surface area contributed by atoms with Gasteiger partial charge in [0.05, 0.1) is 18.6 Å². The van der Waals surface area contributed by atoms with E-state index in [2.05, 4.69) is 6.07 Å². The normalized spacial score (nSPS) is 14.9. The van der Waals surface area contributed by atoms with Gasteiger partial charge in [-0.15, -0.1) is 0 Å². The minimum absolute atomic E-state index is 0.0478. The average molecular weight is 416 g/mol. The Kier molecular flexibility index (Phi) is 5.37. The minimum atomic E-state index is -0.748. The van der Waals surface area contributed by atoms with Crippen molar-refractivity contribution in [2.75, 3.05) is 7.11 Å². The molecule has 2 aromatic carbocycles. The summed E-state index contributed by atoms with van der Waals surface area (Å²) in [6, 6.07) is 18.6. The van der Waals surface area contributed by atoms with Crippen molar-refractivity contribution in [3.8, 4) is 23.3 Å². The van der Waals surface area contributed by atoms with Gasteiger partial charge in [0.15, 0.2) is 11.5 Å². The second kappa shape index (κ2) is 8.28. The summed E-state index contributed by atoms with van der Waals surface area (Å²) in [4.78, 5) is 12.6. The number of ether oxygens (including phenoxy) is 3. The maximum atomic E-state index is 12.6. The molecule has 4 rings (SSSR count). The quantitative estimate of drug-likeness (QED) is 0.675. The molecule has 0 bridgehead atoms. The highest BCUT2D eigenvalue weighted by Crippen LogP contribution is 2.42. The van der Waals surface area contributed by atoms with Gasteiger partial charge in [-0.2, -0.15) is 5.26 Å². The van der Waals surface area contributed by atoms with Gasteiger partial charge in [0.25, 0.3) is 0 Å². The number of methoxy groups -OCH3 is 1. The van der Waals surface area contributed by atoms with Crippen molar-refractivity contribution in [3.63, 3.8) is 0 Å². The van der Waals surface area contributed by atoms with Crippen LogP contribution in [0.4, 0.5) is 0 Å². The van der Waals surface area contributed by atoms with Gasteiger partial charge in [0, 0.05) is 6.07 Å². The Morgan fingerprint density at radius 2 is 1.90 bits per heavy atom. The van der Waals surface area contributed by atoms with Gasteiger partial charge in [-0.05, 0) is 30.2 Å². The number of nitriles is 1.